The third-order valence-corrected chi connectivity index (χ3v) is 9.12. The van der Waals surface area contributed by atoms with Gasteiger partial charge in [-0.1, -0.05) is 55.0 Å². The summed E-state index contributed by atoms with van der Waals surface area (Å²) in [7, 11) is -4.15. The quantitative estimate of drug-likeness (QED) is 0.115. The first kappa shape index (κ1) is 29.1. The number of fused-ring (bicyclic) bond motifs is 1. The Kier molecular flexibility index (Phi) is 8.14. The summed E-state index contributed by atoms with van der Waals surface area (Å²) in [5.41, 5.74) is 4.67. The molecular formula is C33H31N5O5S. The molecule has 10 nitrogen and oxygen atoms in total. The van der Waals surface area contributed by atoms with Gasteiger partial charge in [0.15, 0.2) is 0 Å². The highest BCUT2D eigenvalue weighted by atomic mass is 32.2. The first-order valence-corrected chi connectivity index (χ1v) is 15.9. The standard InChI is InChI=1S/C33H31N5O5S/c39-33-31(29-20-26(16-17-30(29)35-33)36-44(42,43)28-11-7-10-27(21-28)38(40)41)32(24-8-3-1-4-9-24)34-25-14-12-23(13-15-25)22-37-18-5-2-6-19-37/h1,3-4,7-17,20-21,34,36H,2,5-6,18-19,22H2,(H,35,39)/b32-31-. The highest BCUT2D eigenvalue weighted by molar-refractivity contribution is 7.92. The average molecular weight is 610 g/mol. The first-order chi connectivity index (χ1) is 21.3. The van der Waals surface area contributed by atoms with Crippen LogP contribution in [0.15, 0.2) is 102 Å². The van der Waals surface area contributed by atoms with Gasteiger partial charge in [0.05, 0.1) is 21.1 Å². The van der Waals surface area contributed by atoms with Crippen LogP contribution in [0, 0.1) is 10.1 Å². The summed E-state index contributed by atoms with van der Waals surface area (Å²) in [6.45, 7) is 3.13. The number of likely N-dealkylation sites (tertiary alicyclic amines) is 1. The molecule has 2 aliphatic heterocycles. The van der Waals surface area contributed by atoms with E-state index in [0.717, 1.165) is 37.0 Å². The summed E-state index contributed by atoms with van der Waals surface area (Å²) in [4.78, 5) is 26.2. The molecule has 4 aromatic rings. The number of non-ortho nitro benzene ring substituents is 1. The van der Waals surface area contributed by atoms with Gasteiger partial charge in [-0.2, -0.15) is 0 Å². The van der Waals surface area contributed by atoms with Crippen LogP contribution in [0.5, 0.6) is 0 Å². The first-order valence-electron chi connectivity index (χ1n) is 14.4. The molecule has 4 aromatic carbocycles. The highest BCUT2D eigenvalue weighted by Gasteiger charge is 2.29. The zero-order valence-corrected chi connectivity index (χ0v) is 24.6. The van der Waals surface area contributed by atoms with Crippen LogP contribution in [0.1, 0.15) is 36.0 Å². The van der Waals surface area contributed by atoms with E-state index < -0.39 is 14.9 Å². The number of carbonyl (C=O) groups is 1. The molecular weight excluding hydrogens is 578 g/mol. The molecule has 1 saturated heterocycles. The van der Waals surface area contributed by atoms with E-state index in [0.29, 0.717) is 22.5 Å². The van der Waals surface area contributed by atoms with Crippen LogP contribution >= 0.6 is 0 Å². The second-order valence-corrected chi connectivity index (χ2v) is 12.5. The van der Waals surface area contributed by atoms with Gasteiger partial charge in [0, 0.05) is 41.3 Å². The minimum atomic E-state index is -4.15. The normalized spacial score (nSPS) is 16.1. The van der Waals surface area contributed by atoms with Gasteiger partial charge in [0.2, 0.25) is 0 Å². The minimum absolute atomic E-state index is 0.207. The summed E-state index contributed by atoms with van der Waals surface area (Å²) in [6.07, 6.45) is 3.75. The Morgan fingerprint density at radius 3 is 2.32 bits per heavy atom. The number of nitrogens with one attached hydrogen (secondary N) is 3. The predicted octanol–water partition coefficient (Wildman–Crippen LogP) is 6.31. The van der Waals surface area contributed by atoms with Crippen LogP contribution in [0.25, 0.3) is 11.3 Å². The maximum absolute atomic E-state index is 13.4. The van der Waals surface area contributed by atoms with E-state index in [1.165, 1.54) is 49.1 Å². The molecule has 224 valence electrons. The summed E-state index contributed by atoms with van der Waals surface area (Å²) in [5, 5.41) is 17.5. The number of rotatable bonds is 9. The number of sulfonamides is 1. The van der Waals surface area contributed by atoms with Gasteiger partial charge < -0.3 is 10.6 Å². The lowest BCUT2D eigenvalue weighted by Crippen LogP contribution is -2.29. The molecule has 0 aliphatic carbocycles. The molecule has 3 N–H and O–H groups in total. The molecule has 11 heteroatoms. The molecule has 0 spiro atoms. The fraction of sp³-hybridized carbons (Fsp3) is 0.182. The van der Waals surface area contributed by atoms with Gasteiger partial charge >= 0.3 is 0 Å². The molecule has 0 aromatic heterocycles. The molecule has 1 amide bonds. The molecule has 1 fully saturated rings. The Balaban J connectivity index is 1.33. The SMILES string of the molecule is O=C1Nc2ccc(NS(=O)(=O)c3cccc([N+](=O)[O-])c3)cc2/C1=C(/Nc1ccc(CN2CCCCC2)cc1)c1ccccc1. The van der Waals surface area contributed by atoms with E-state index in [-0.39, 0.29) is 22.2 Å². The van der Waals surface area contributed by atoms with E-state index in [4.69, 9.17) is 0 Å². The third-order valence-electron chi connectivity index (χ3n) is 7.75. The summed E-state index contributed by atoms with van der Waals surface area (Å²) < 4.78 is 28.8. The smallest absolute Gasteiger partial charge is 0.270 e. The Labute approximate surface area is 255 Å². The number of amides is 1. The van der Waals surface area contributed by atoms with Gasteiger partial charge in [-0.25, -0.2) is 8.42 Å². The Bertz CT molecular complexity index is 1850. The number of benzene rings is 4. The van der Waals surface area contributed by atoms with Gasteiger partial charge in [0.1, 0.15) is 0 Å². The second kappa shape index (κ2) is 12.3. The number of piperidine rings is 1. The van der Waals surface area contributed by atoms with Crippen molar-refractivity contribution in [3.63, 3.8) is 0 Å². The molecule has 6 rings (SSSR count). The van der Waals surface area contributed by atoms with Crippen molar-refractivity contribution >= 4 is 50.0 Å². The number of hydrogen-bond acceptors (Lipinski definition) is 7. The van der Waals surface area contributed by atoms with Crippen molar-refractivity contribution in [2.24, 2.45) is 0 Å². The van der Waals surface area contributed by atoms with E-state index in [1.807, 2.05) is 42.5 Å². The Hall–Kier alpha value is -5.00. The van der Waals surface area contributed by atoms with Crippen molar-refractivity contribution < 1.29 is 18.1 Å². The van der Waals surface area contributed by atoms with Crippen LogP contribution in [-0.2, 0) is 21.4 Å². The number of carbonyl (C=O) groups excluding carboxylic acids is 1. The van der Waals surface area contributed by atoms with Crippen LogP contribution in [0.3, 0.4) is 0 Å². The molecule has 2 aliphatic rings. The highest BCUT2D eigenvalue weighted by Crippen LogP contribution is 2.39. The molecule has 2 heterocycles. The summed E-state index contributed by atoms with van der Waals surface area (Å²) >= 11 is 0. The average Bonchev–Trinajstić information content (AvgIpc) is 3.36. The lowest BCUT2D eigenvalue weighted by molar-refractivity contribution is -0.385. The fourth-order valence-corrected chi connectivity index (χ4v) is 6.64. The van der Waals surface area contributed by atoms with E-state index in [2.05, 4.69) is 32.4 Å². The van der Waals surface area contributed by atoms with Gasteiger partial charge in [-0.3, -0.25) is 24.5 Å². The van der Waals surface area contributed by atoms with Crippen molar-refractivity contribution in [1.29, 1.82) is 0 Å². The van der Waals surface area contributed by atoms with E-state index >= 15 is 0 Å². The fourth-order valence-electron chi connectivity index (χ4n) is 5.55. The van der Waals surface area contributed by atoms with Crippen molar-refractivity contribution in [1.82, 2.24) is 4.90 Å². The molecule has 0 radical (unpaired) electrons. The van der Waals surface area contributed by atoms with Crippen molar-refractivity contribution in [2.45, 2.75) is 30.7 Å². The van der Waals surface area contributed by atoms with Crippen molar-refractivity contribution in [3.05, 3.63) is 124 Å². The topological polar surface area (TPSA) is 134 Å². The summed E-state index contributed by atoms with van der Waals surface area (Å²) in [6, 6.07) is 27.2. The number of nitro groups is 1. The molecule has 0 saturated carbocycles. The van der Waals surface area contributed by atoms with Crippen LogP contribution in [0.4, 0.5) is 22.7 Å². The zero-order chi connectivity index (χ0) is 30.7. The lowest BCUT2D eigenvalue weighted by Gasteiger charge is -2.26. The molecule has 0 unspecified atom stereocenters. The largest absolute Gasteiger partial charge is 0.354 e. The maximum Gasteiger partial charge on any atom is 0.270 e. The minimum Gasteiger partial charge on any atom is -0.354 e. The van der Waals surface area contributed by atoms with Gasteiger partial charge in [-0.05, 0) is 73.5 Å². The number of hydrogen-bond donors (Lipinski definition) is 3. The van der Waals surface area contributed by atoms with Crippen LogP contribution in [-0.4, -0.2) is 37.2 Å². The van der Waals surface area contributed by atoms with Crippen LogP contribution in [0.2, 0.25) is 0 Å². The van der Waals surface area contributed by atoms with Gasteiger partial charge in [0.25, 0.3) is 21.6 Å². The number of anilines is 3. The second-order valence-electron chi connectivity index (χ2n) is 10.8. The number of nitro benzene ring substituents is 1. The number of nitrogens with zero attached hydrogens (tertiary/aromatic N) is 2. The van der Waals surface area contributed by atoms with E-state index in [1.54, 1.807) is 12.1 Å². The van der Waals surface area contributed by atoms with Crippen molar-refractivity contribution in [3.8, 4) is 0 Å². The maximum atomic E-state index is 13.4. The van der Waals surface area contributed by atoms with Crippen LogP contribution < -0.4 is 15.4 Å². The Morgan fingerprint density at radius 2 is 1.59 bits per heavy atom. The molecule has 44 heavy (non-hydrogen) atoms. The predicted molar refractivity (Wildman–Crippen MR) is 171 cm³/mol. The third kappa shape index (κ3) is 6.34. The van der Waals surface area contributed by atoms with Gasteiger partial charge in [-0.15, -0.1) is 0 Å². The monoisotopic (exact) mass is 609 g/mol. The molecule has 0 bridgehead atoms. The summed E-state index contributed by atoms with van der Waals surface area (Å²) in [5.74, 6) is -0.327. The van der Waals surface area contributed by atoms with E-state index in [9.17, 15) is 23.3 Å². The molecule has 0 atom stereocenters. The van der Waals surface area contributed by atoms with Crippen molar-refractivity contribution in [2.75, 3.05) is 28.4 Å². The Morgan fingerprint density at radius 1 is 0.864 bits per heavy atom. The zero-order valence-electron chi connectivity index (χ0n) is 23.8. The lowest BCUT2D eigenvalue weighted by atomic mass is 9.99.